The highest BCUT2D eigenvalue weighted by atomic mass is 16.5. The topological polar surface area (TPSA) is 42.4 Å². The molecule has 0 bridgehead atoms. The van der Waals surface area contributed by atoms with Gasteiger partial charge in [-0.3, -0.25) is 0 Å². The summed E-state index contributed by atoms with van der Waals surface area (Å²) in [5.41, 5.74) is 0.650. The zero-order valence-corrected chi connectivity index (χ0v) is 11.6. The molecule has 102 valence electrons. The summed E-state index contributed by atoms with van der Waals surface area (Å²) in [5.74, 6) is 1.15. The Morgan fingerprint density at radius 1 is 1.32 bits per heavy atom. The number of pyridine rings is 1. The molecule has 1 atom stereocenters. The molecular weight excluding hydrogens is 238 g/mol. The van der Waals surface area contributed by atoms with Crippen LogP contribution in [0.25, 0.3) is 10.8 Å². The molecule has 0 aliphatic heterocycles. The lowest BCUT2D eigenvalue weighted by molar-refractivity contribution is 0.240. The van der Waals surface area contributed by atoms with Crippen LogP contribution in [0.4, 0.5) is 0 Å². The molecule has 19 heavy (non-hydrogen) atoms. The van der Waals surface area contributed by atoms with Gasteiger partial charge in [0.2, 0.25) is 5.88 Å². The maximum atomic E-state index is 9.27. The molecule has 2 aromatic rings. The number of aliphatic hydroxyl groups is 1. The Morgan fingerprint density at radius 2 is 2.11 bits per heavy atom. The maximum absolute atomic E-state index is 9.27. The smallest absolute Gasteiger partial charge is 0.221 e. The molecule has 0 spiro atoms. The van der Waals surface area contributed by atoms with E-state index in [0.717, 1.165) is 23.6 Å². The van der Waals surface area contributed by atoms with E-state index >= 15 is 0 Å². The van der Waals surface area contributed by atoms with Gasteiger partial charge in [0.25, 0.3) is 0 Å². The van der Waals surface area contributed by atoms with E-state index in [4.69, 9.17) is 4.74 Å². The van der Waals surface area contributed by atoms with E-state index in [1.54, 1.807) is 0 Å². The fraction of sp³-hybridized carbons (Fsp3) is 0.438. The number of rotatable bonds is 6. The van der Waals surface area contributed by atoms with Gasteiger partial charge in [-0.1, -0.05) is 38.5 Å². The molecule has 1 N–H and O–H groups in total. The number of benzene rings is 1. The van der Waals surface area contributed by atoms with E-state index in [2.05, 4.69) is 18.8 Å². The molecule has 0 aliphatic carbocycles. The number of hydrogen-bond acceptors (Lipinski definition) is 3. The molecular formula is C16H21NO2. The van der Waals surface area contributed by atoms with Gasteiger partial charge in [-0.2, -0.15) is 0 Å². The molecule has 0 amide bonds. The zero-order valence-electron chi connectivity index (χ0n) is 11.6. The fourth-order valence-corrected chi connectivity index (χ4v) is 2.21. The van der Waals surface area contributed by atoms with Crippen LogP contribution < -0.4 is 4.74 Å². The maximum Gasteiger partial charge on any atom is 0.221 e. The molecule has 1 heterocycles. The highest BCUT2D eigenvalue weighted by molar-refractivity contribution is 5.87. The Bertz CT molecular complexity index is 539. The first-order valence-corrected chi connectivity index (χ1v) is 6.87. The first kappa shape index (κ1) is 13.8. The van der Waals surface area contributed by atoms with Gasteiger partial charge in [-0.25, -0.2) is 4.98 Å². The minimum atomic E-state index is -0.0638. The van der Waals surface area contributed by atoms with Crippen LogP contribution in [-0.2, 0) is 6.61 Å². The van der Waals surface area contributed by atoms with E-state index < -0.39 is 0 Å². The van der Waals surface area contributed by atoms with Gasteiger partial charge in [-0.05, 0) is 29.9 Å². The van der Waals surface area contributed by atoms with Crippen molar-refractivity contribution in [3.63, 3.8) is 0 Å². The summed E-state index contributed by atoms with van der Waals surface area (Å²) in [6.07, 6.45) is 2.31. The lowest BCUT2D eigenvalue weighted by atomic mass is 10.1. The number of ether oxygens (including phenoxy) is 1. The molecule has 0 radical (unpaired) electrons. The predicted octanol–water partition coefficient (Wildman–Crippen LogP) is 3.54. The second-order valence-electron chi connectivity index (χ2n) is 5.00. The molecule has 1 aromatic carbocycles. The quantitative estimate of drug-likeness (QED) is 0.862. The van der Waals surface area contributed by atoms with Crippen LogP contribution in [0.1, 0.15) is 32.4 Å². The Kier molecular flexibility index (Phi) is 4.74. The summed E-state index contributed by atoms with van der Waals surface area (Å²) in [6, 6.07) is 9.87. The van der Waals surface area contributed by atoms with Gasteiger partial charge in [-0.15, -0.1) is 0 Å². The molecule has 2 rings (SSSR count). The van der Waals surface area contributed by atoms with Gasteiger partial charge in [0.1, 0.15) is 0 Å². The number of fused-ring (bicyclic) bond motifs is 1. The molecule has 0 fully saturated rings. The van der Waals surface area contributed by atoms with Gasteiger partial charge in [0.15, 0.2) is 0 Å². The van der Waals surface area contributed by atoms with Crippen LogP contribution in [0.2, 0.25) is 0 Å². The number of hydrogen-bond donors (Lipinski definition) is 1. The van der Waals surface area contributed by atoms with Crippen LogP contribution >= 0.6 is 0 Å². The highest BCUT2D eigenvalue weighted by Crippen LogP contribution is 2.25. The van der Waals surface area contributed by atoms with Crippen molar-refractivity contribution in [2.45, 2.75) is 33.3 Å². The van der Waals surface area contributed by atoms with E-state index in [-0.39, 0.29) is 6.61 Å². The summed E-state index contributed by atoms with van der Waals surface area (Å²) < 4.78 is 5.85. The highest BCUT2D eigenvalue weighted by Gasteiger charge is 2.08. The lowest BCUT2D eigenvalue weighted by Gasteiger charge is -2.13. The minimum absolute atomic E-state index is 0.0638. The van der Waals surface area contributed by atoms with Crippen molar-refractivity contribution in [3.8, 4) is 5.88 Å². The summed E-state index contributed by atoms with van der Waals surface area (Å²) in [7, 11) is 0. The third-order valence-corrected chi connectivity index (χ3v) is 3.21. The predicted molar refractivity (Wildman–Crippen MR) is 77.2 cm³/mol. The third-order valence-electron chi connectivity index (χ3n) is 3.21. The van der Waals surface area contributed by atoms with Crippen molar-refractivity contribution >= 4 is 10.8 Å². The first-order chi connectivity index (χ1) is 9.24. The van der Waals surface area contributed by atoms with Gasteiger partial charge < -0.3 is 9.84 Å². The van der Waals surface area contributed by atoms with Crippen molar-refractivity contribution in [1.82, 2.24) is 4.98 Å². The van der Waals surface area contributed by atoms with Crippen molar-refractivity contribution in [2.24, 2.45) is 5.92 Å². The van der Waals surface area contributed by atoms with Gasteiger partial charge >= 0.3 is 0 Å². The van der Waals surface area contributed by atoms with E-state index in [0.29, 0.717) is 24.1 Å². The second-order valence-corrected chi connectivity index (χ2v) is 5.00. The Morgan fingerprint density at radius 3 is 2.84 bits per heavy atom. The molecule has 0 saturated heterocycles. The van der Waals surface area contributed by atoms with Crippen molar-refractivity contribution in [3.05, 3.63) is 36.0 Å². The van der Waals surface area contributed by atoms with Gasteiger partial charge in [0.05, 0.1) is 18.9 Å². The largest absolute Gasteiger partial charge is 0.477 e. The van der Waals surface area contributed by atoms with Crippen LogP contribution in [-0.4, -0.2) is 16.7 Å². The lowest BCUT2D eigenvalue weighted by Crippen LogP contribution is -2.10. The standard InChI is InChI=1S/C16H21NO2/c1-3-6-12(2)11-19-16-15-8-5-4-7-13(15)9-14(10-18)17-16/h4-5,7-9,12,18H,3,6,10-11H2,1-2H3. The summed E-state index contributed by atoms with van der Waals surface area (Å²) in [4.78, 5) is 4.38. The fourth-order valence-electron chi connectivity index (χ4n) is 2.21. The van der Waals surface area contributed by atoms with Crippen LogP contribution in [0.5, 0.6) is 5.88 Å². The Hall–Kier alpha value is -1.61. The normalized spacial score (nSPS) is 12.6. The SMILES string of the molecule is CCCC(C)COc1nc(CO)cc2ccccc12. The number of nitrogens with zero attached hydrogens (tertiary/aromatic N) is 1. The van der Waals surface area contributed by atoms with E-state index in [1.165, 1.54) is 0 Å². The summed E-state index contributed by atoms with van der Waals surface area (Å²) in [5, 5.41) is 11.3. The van der Waals surface area contributed by atoms with Crippen molar-refractivity contribution < 1.29 is 9.84 Å². The van der Waals surface area contributed by atoms with Crippen LogP contribution in [0.15, 0.2) is 30.3 Å². The summed E-state index contributed by atoms with van der Waals surface area (Å²) >= 11 is 0. The minimum Gasteiger partial charge on any atom is -0.477 e. The van der Waals surface area contributed by atoms with E-state index in [1.807, 2.05) is 30.3 Å². The molecule has 3 nitrogen and oxygen atoms in total. The monoisotopic (exact) mass is 259 g/mol. The molecule has 3 heteroatoms. The second kappa shape index (κ2) is 6.53. The third kappa shape index (κ3) is 3.44. The molecule has 0 aliphatic rings. The van der Waals surface area contributed by atoms with Crippen molar-refractivity contribution in [1.29, 1.82) is 0 Å². The molecule has 0 saturated carbocycles. The van der Waals surface area contributed by atoms with Crippen LogP contribution in [0.3, 0.4) is 0 Å². The van der Waals surface area contributed by atoms with Gasteiger partial charge in [0, 0.05) is 5.39 Å². The van der Waals surface area contributed by atoms with E-state index in [9.17, 15) is 5.11 Å². The molecule has 1 unspecified atom stereocenters. The Labute approximate surface area is 114 Å². The average Bonchev–Trinajstić information content (AvgIpc) is 2.44. The zero-order chi connectivity index (χ0) is 13.7. The number of aliphatic hydroxyl groups excluding tert-OH is 1. The number of aromatic nitrogens is 1. The van der Waals surface area contributed by atoms with Crippen LogP contribution in [0, 0.1) is 5.92 Å². The first-order valence-electron chi connectivity index (χ1n) is 6.87. The Balaban J connectivity index is 2.25. The average molecular weight is 259 g/mol. The summed E-state index contributed by atoms with van der Waals surface area (Å²) in [6.45, 7) is 4.96. The van der Waals surface area contributed by atoms with Crippen molar-refractivity contribution in [2.75, 3.05) is 6.61 Å². The molecule has 1 aromatic heterocycles.